The fourth-order valence-electron chi connectivity index (χ4n) is 2.82. The van der Waals surface area contributed by atoms with Gasteiger partial charge >= 0.3 is 0 Å². The van der Waals surface area contributed by atoms with Crippen LogP contribution in [0.25, 0.3) is 0 Å². The van der Waals surface area contributed by atoms with Gasteiger partial charge in [0.2, 0.25) is 0 Å². The molecular formula is C14H29NO. The monoisotopic (exact) mass is 227 g/mol. The van der Waals surface area contributed by atoms with Crippen LogP contribution in [0.15, 0.2) is 0 Å². The largest absolute Gasteiger partial charge is 0.379 e. The molecule has 2 unspecified atom stereocenters. The highest BCUT2D eigenvalue weighted by atomic mass is 16.5. The number of rotatable bonds is 7. The van der Waals surface area contributed by atoms with E-state index in [1.165, 1.54) is 38.6 Å². The van der Waals surface area contributed by atoms with E-state index in [4.69, 9.17) is 4.74 Å². The Morgan fingerprint density at radius 3 is 2.12 bits per heavy atom. The molecule has 0 aliphatic carbocycles. The van der Waals surface area contributed by atoms with Crippen molar-refractivity contribution < 1.29 is 4.74 Å². The van der Waals surface area contributed by atoms with Gasteiger partial charge in [0.15, 0.2) is 0 Å². The summed E-state index contributed by atoms with van der Waals surface area (Å²) in [6.07, 6.45) is 6.98. The second-order valence-electron chi connectivity index (χ2n) is 5.21. The van der Waals surface area contributed by atoms with E-state index in [2.05, 4.69) is 32.6 Å². The van der Waals surface area contributed by atoms with E-state index in [9.17, 15) is 0 Å². The molecule has 1 aliphatic rings. The van der Waals surface area contributed by atoms with Crippen LogP contribution in [0.4, 0.5) is 0 Å². The summed E-state index contributed by atoms with van der Waals surface area (Å²) in [5.41, 5.74) is 0. The number of nitrogens with zero attached hydrogens (tertiary/aromatic N) is 1. The van der Waals surface area contributed by atoms with E-state index in [1.807, 2.05) is 0 Å². The van der Waals surface area contributed by atoms with Crippen LogP contribution in [-0.2, 0) is 4.74 Å². The second-order valence-corrected chi connectivity index (χ2v) is 5.21. The molecule has 0 aromatic rings. The first-order valence-corrected chi connectivity index (χ1v) is 7.06. The molecule has 2 nitrogen and oxygen atoms in total. The lowest BCUT2D eigenvalue weighted by atomic mass is 10.1. The molecule has 0 aromatic carbocycles. The van der Waals surface area contributed by atoms with Crippen LogP contribution in [0.5, 0.6) is 0 Å². The highest BCUT2D eigenvalue weighted by molar-refractivity contribution is 4.85. The van der Waals surface area contributed by atoms with Crippen molar-refractivity contribution in [3.63, 3.8) is 0 Å². The van der Waals surface area contributed by atoms with Crippen molar-refractivity contribution in [2.45, 2.75) is 78.0 Å². The zero-order valence-electron chi connectivity index (χ0n) is 11.5. The van der Waals surface area contributed by atoms with Crippen molar-refractivity contribution in [3.8, 4) is 0 Å². The molecule has 1 fully saturated rings. The predicted molar refractivity (Wildman–Crippen MR) is 69.8 cm³/mol. The number of hydrogen-bond donors (Lipinski definition) is 0. The minimum atomic E-state index is 0.377. The number of likely N-dealkylation sites (tertiary alicyclic amines) is 1. The van der Waals surface area contributed by atoms with Gasteiger partial charge in [-0.2, -0.15) is 0 Å². The minimum absolute atomic E-state index is 0.377. The number of ether oxygens (including phenoxy) is 1. The van der Waals surface area contributed by atoms with Crippen LogP contribution in [0.2, 0.25) is 0 Å². The summed E-state index contributed by atoms with van der Waals surface area (Å²) >= 11 is 0. The van der Waals surface area contributed by atoms with Crippen LogP contribution in [0, 0.1) is 0 Å². The first-order valence-electron chi connectivity index (χ1n) is 7.06. The molecular weight excluding hydrogens is 198 g/mol. The third-order valence-electron chi connectivity index (χ3n) is 3.73. The smallest absolute Gasteiger partial charge is 0.0518 e. The maximum Gasteiger partial charge on any atom is 0.0518 e. The van der Waals surface area contributed by atoms with Crippen LogP contribution in [0.1, 0.15) is 59.8 Å². The minimum Gasteiger partial charge on any atom is -0.379 e. The second kappa shape index (κ2) is 7.29. The van der Waals surface area contributed by atoms with Gasteiger partial charge in [-0.05, 0) is 46.0 Å². The lowest BCUT2D eigenvalue weighted by Gasteiger charge is -2.29. The molecule has 0 N–H and O–H groups in total. The summed E-state index contributed by atoms with van der Waals surface area (Å²) in [6.45, 7) is 11.0. The summed E-state index contributed by atoms with van der Waals surface area (Å²) in [4.78, 5) is 2.73. The maximum atomic E-state index is 5.61. The SMILES string of the molecule is CCC1CCC(CC)N1CCCOC(C)C. The van der Waals surface area contributed by atoms with E-state index in [0.29, 0.717) is 6.10 Å². The van der Waals surface area contributed by atoms with Gasteiger partial charge in [-0.15, -0.1) is 0 Å². The molecule has 96 valence electrons. The van der Waals surface area contributed by atoms with Crippen LogP contribution in [-0.4, -0.2) is 36.2 Å². The molecule has 1 aliphatic heterocycles. The Labute approximate surface area is 101 Å². The Balaban J connectivity index is 2.26. The zero-order chi connectivity index (χ0) is 12.0. The van der Waals surface area contributed by atoms with Gasteiger partial charge in [0, 0.05) is 25.2 Å². The first kappa shape index (κ1) is 14.0. The molecule has 0 spiro atoms. The Kier molecular flexibility index (Phi) is 6.37. The summed E-state index contributed by atoms with van der Waals surface area (Å²) in [7, 11) is 0. The Morgan fingerprint density at radius 1 is 1.12 bits per heavy atom. The van der Waals surface area contributed by atoms with Gasteiger partial charge in [-0.25, -0.2) is 0 Å². The predicted octanol–water partition coefficient (Wildman–Crippen LogP) is 3.45. The van der Waals surface area contributed by atoms with E-state index < -0.39 is 0 Å². The van der Waals surface area contributed by atoms with Crippen molar-refractivity contribution in [1.29, 1.82) is 0 Å². The van der Waals surface area contributed by atoms with Gasteiger partial charge in [0.05, 0.1) is 6.10 Å². The Morgan fingerprint density at radius 2 is 1.69 bits per heavy atom. The normalized spacial score (nSPS) is 26.8. The lowest BCUT2D eigenvalue weighted by Crippen LogP contribution is -2.36. The van der Waals surface area contributed by atoms with Gasteiger partial charge < -0.3 is 4.74 Å². The van der Waals surface area contributed by atoms with Crippen molar-refractivity contribution in [1.82, 2.24) is 4.90 Å². The summed E-state index contributed by atoms with van der Waals surface area (Å²) in [5.74, 6) is 0. The van der Waals surface area contributed by atoms with E-state index in [-0.39, 0.29) is 0 Å². The van der Waals surface area contributed by atoms with Gasteiger partial charge in [-0.3, -0.25) is 4.90 Å². The fraction of sp³-hybridized carbons (Fsp3) is 1.00. The molecule has 0 aromatic heterocycles. The van der Waals surface area contributed by atoms with Crippen LogP contribution >= 0.6 is 0 Å². The van der Waals surface area contributed by atoms with E-state index in [1.54, 1.807) is 0 Å². The van der Waals surface area contributed by atoms with Crippen molar-refractivity contribution in [3.05, 3.63) is 0 Å². The van der Waals surface area contributed by atoms with Crippen molar-refractivity contribution in [2.24, 2.45) is 0 Å². The molecule has 16 heavy (non-hydrogen) atoms. The molecule has 2 heteroatoms. The Hall–Kier alpha value is -0.0800. The molecule has 1 heterocycles. The number of hydrogen-bond acceptors (Lipinski definition) is 2. The molecule has 0 radical (unpaired) electrons. The Bertz CT molecular complexity index is 170. The summed E-state index contributed by atoms with van der Waals surface area (Å²) in [5, 5.41) is 0. The van der Waals surface area contributed by atoms with Gasteiger partial charge in [0.1, 0.15) is 0 Å². The quantitative estimate of drug-likeness (QED) is 0.618. The zero-order valence-corrected chi connectivity index (χ0v) is 11.5. The molecule has 1 rings (SSSR count). The molecule has 0 amide bonds. The average molecular weight is 227 g/mol. The van der Waals surface area contributed by atoms with Gasteiger partial charge in [-0.1, -0.05) is 13.8 Å². The van der Waals surface area contributed by atoms with Crippen molar-refractivity contribution in [2.75, 3.05) is 13.2 Å². The van der Waals surface area contributed by atoms with E-state index >= 15 is 0 Å². The maximum absolute atomic E-state index is 5.61. The average Bonchev–Trinajstić information content (AvgIpc) is 2.66. The third kappa shape index (κ3) is 4.06. The first-order chi connectivity index (χ1) is 7.69. The third-order valence-corrected chi connectivity index (χ3v) is 3.73. The lowest BCUT2D eigenvalue weighted by molar-refractivity contribution is 0.0652. The summed E-state index contributed by atoms with van der Waals surface area (Å²) < 4.78 is 5.61. The van der Waals surface area contributed by atoms with Crippen molar-refractivity contribution >= 4 is 0 Å². The topological polar surface area (TPSA) is 12.5 Å². The van der Waals surface area contributed by atoms with Gasteiger partial charge in [0.25, 0.3) is 0 Å². The van der Waals surface area contributed by atoms with Crippen LogP contribution < -0.4 is 0 Å². The highest BCUT2D eigenvalue weighted by Crippen LogP contribution is 2.28. The van der Waals surface area contributed by atoms with Crippen LogP contribution in [0.3, 0.4) is 0 Å². The molecule has 1 saturated heterocycles. The fourth-order valence-corrected chi connectivity index (χ4v) is 2.82. The molecule has 2 atom stereocenters. The molecule has 0 saturated carbocycles. The summed E-state index contributed by atoms with van der Waals surface area (Å²) in [6, 6.07) is 1.67. The molecule has 0 bridgehead atoms. The highest BCUT2D eigenvalue weighted by Gasteiger charge is 2.30. The standard InChI is InChI=1S/C14H29NO/c1-5-13-8-9-14(6-2)15(13)10-7-11-16-12(3)4/h12-14H,5-11H2,1-4H3. The van der Waals surface area contributed by atoms with E-state index in [0.717, 1.165) is 18.7 Å².